The van der Waals surface area contributed by atoms with Crippen LogP contribution in [0.25, 0.3) is 11.1 Å². The topological polar surface area (TPSA) is 79.6 Å². The zero-order valence-electron chi connectivity index (χ0n) is 20.6. The highest BCUT2D eigenvalue weighted by atomic mass is 32.2. The van der Waals surface area contributed by atoms with E-state index in [1.165, 1.54) is 24.3 Å². The van der Waals surface area contributed by atoms with E-state index in [1.54, 1.807) is 67.7 Å². The average molecular weight is 539 g/mol. The smallest absolute Gasteiger partial charge is 0.411 e. The van der Waals surface area contributed by atoms with Crippen molar-refractivity contribution < 1.29 is 26.8 Å². The van der Waals surface area contributed by atoms with E-state index in [0.717, 1.165) is 23.4 Å². The summed E-state index contributed by atoms with van der Waals surface area (Å²) in [6.45, 7) is 1.77. The Kier molecular flexibility index (Phi) is 7.68. The second kappa shape index (κ2) is 10.8. The van der Waals surface area contributed by atoms with E-state index >= 15 is 0 Å². The standard InChI is InChI=1S/C29H25F3N2O3S/c1-19-17-23(15-16-33-19)28(34-35)18-26(25-5-3-4-6-27(25)29(30,31)32)22-9-7-20(8-10-22)21-11-13-24(14-12-21)38(2,36)37/h3-17,26,35H,18H2,1-2H3/b34-28+. The van der Waals surface area contributed by atoms with E-state index in [9.17, 15) is 26.8 Å². The molecule has 1 heterocycles. The van der Waals surface area contributed by atoms with Crippen LogP contribution in [0.1, 0.15) is 40.3 Å². The Hall–Kier alpha value is -3.98. The van der Waals surface area contributed by atoms with Gasteiger partial charge in [-0.3, -0.25) is 4.98 Å². The van der Waals surface area contributed by atoms with Crippen molar-refractivity contribution in [2.45, 2.75) is 30.3 Å². The maximum absolute atomic E-state index is 14.0. The van der Waals surface area contributed by atoms with Gasteiger partial charge in [0.25, 0.3) is 0 Å². The fourth-order valence-corrected chi connectivity index (χ4v) is 5.03. The summed E-state index contributed by atoms with van der Waals surface area (Å²) in [6.07, 6.45) is -1.87. The number of pyridine rings is 1. The van der Waals surface area contributed by atoms with E-state index < -0.39 is 27.5 Å². The molecular formula is C29H25F3N2O3S. The maximum atomic E-state index is 14.0. The zero-order valence-corrected chi connectivity index (χ0v) is 21.5. The van der Waals surface area contributed by atoms with Crippen LogP contribution in [-0.4, -0.2) is 30.6 Å². The third-order valence-corrected chi connectivity index (χ3v) is 7.45. The Morgan fingerprint density at radius 1 is 0.947 bits per heavy atom. The molecule has 3 aromatic carbocycles. The van der Waals surface area contributed by atoms with Gasteiger partial charge in [0, 0.05) is 36.0 Å². The molecule has 4 rings (SSSR count). The van der Waals surface area contributed by atoms with E-state index in [1.807, 2.05) is 0 Å². The molecule has 5 nitrogen and oxygen atoms in total. The van der Waals surface area contributed by atoms with E-state index in [0.29, 0.717) is 16.8 Å². The number of halogens is 3. The van der Waals surface area contributed by atoms with Crippen molar-refractivity contribution in [3.8, 4) is 11.1 Å². The van der Waals surface area contributed by atoms with Gasteiger partial charge in [0.15, 0.2) is 9.84 Å². The molecule has 0 spiro atoms. The van der Waals surface area contributed by atoms with Crippen LogP contribution in [0.3, 0.4) is 0 Å². The molecule has 0 aliphatic carbocycles. The number of hydrogen-bond donors (Lipinski definition) is 1. The van der Waals surface area contributed by atoms with Crippen molar-refractivity contribution in [1.29, 1.82) is 0 Å². The van der Waals surface area contributed by atoms with Gasteiger partial charge >= 0.3 is 6.18 Å². The minimum absolute atomic E-state index is 0.00937. The fourth-order valence-electron chi connectivity index (χ4n) is 4.40. The molecule has 1 N–H and O–H groups in total. The number of rotatable bonds is 7. The minimum atomic E-state index is -4.57. The Balaban J connectivity index is 1.76. The first kappa shape index (κ1) is 27.1. The normalized spacial score (nSPS) is 13.3. The van der Waals surface area contributed by atoms with Crippen LogP contribution in [0.4, 0.5) is 13.2 Å². The number of aromatic nitrogens is 1. The molecule has 0 saturated carbocycles. The fraction of sp³-hybridized carbons (Fsp3) is 0.172. The minimum Gasteiger partial charge on any atom is -0.411 e. The molecule has 9 heteroatoms. The third-order valence-electron chi connectivity index (χ3n) is 6.32. The lowest BCUT2D eigenvalue weighted by molar-refractivity contribution is -0.138. The van der Waals surface area contributed by atoms with Crippen LogP contribution >= 0.6 is 0 Å². The number of sulfone groups is 1. The molecule has 0 amide bonds. The lowest BCUT2D eigenvalue weighted by Crippen LogP contribution is -2.16. The predicted molar refractivity (Wildman–Crippen MR) is 140 cm³/mol. The van der Waals surface area contributed by atoms with Crippen LogP contribution in [0, 0.1) is 6.92 Å². The maximum Gasteiger partial charge on any atom is 0.416 e. The molecule has 0 aliphatic rings. The Labute approximate surface area is 219 Å². The first-order chi connectivity index (χ1) is 18.0. The molecule has 4 aromatic rings. The van der Waals surface area contributed by atoms with Crippen molar-refractivity contribution >= 4 is 15.5 Å². The summed E-state index contributed by atoms with van der Waals surface area (Å²) in [5.41, 5.74) is 2.94. The summed E-state index contributed by atoms with van der Waals surface area (Å²) in [6, 6.07) is 22.2. The van der Waals surface area contributed by atoms with Gasteiger partial charge in [0.1, 0.15) is 0 Å². The summed E-state index contributed by atoms with van der Waals surface area (Å²) in [7, 11) is -3.33. The SMILES string of the molecule is Cc1cc(/C(CC(c2ccc(-c3ccc(S(C)(=O)=O)cc3)cc2)c2ccccc2C(F)(F)F)=N/O)ccn1. The van der Waals surface area contributed by atoms with E-state index in [4.69, 9.17) is 0 Å². The quantitative estimate of drug-likeness (QED) is 0.158. The summed E-state index contributed by atoms with van der Waals surface area (Å²) >= 11 is 0. The van der Waals surface area contributed by atoms with Crippen LogP contribution in [-0.2, 0) is 16.0 Å². The lowest BCUT2D eigenvalue weighted by atomic mass is 9.82. The first-order valence-electron chi connectivity index (χ1n) is 11.7. The molecule has 0 aliphatic heterocycles. The van der Waals surface area contributed by atoms with Crippen molar-refractivity contribution in [3.05, 3.63) is 119 Å². The molecule has 196 valence electrons. The van der Waals surface area contributed by atoms with Gasteiger partial charge in [0.05, 0.1) is 16.2 Å². The number of nitrogens with zero attached hydrogens (tertiary/aromatic N) is 2. The Bertz CT molecular complexity index is 1560. The van der Waals surface area contributed by atoms with Gasteiger partial charge in [-0.15, -0.1) is 0 Å². The molecule has 1 atom stereocenters. The van der Waals surface area contributed by atoms with Crippen LogP contribution in [0.2, 0.25) is 0 Å². The second-order valence-electron chi connectivity index (χ2n) is 8.99. The van der Waals surface area contributed by atoms with E-state index in [-0.39, 0.29) is 22.6 Å². The summed E-state index contributed by atoms with van der Waals surface area (Å²) in [4.78, 5) is 4.33. The van der Waals surface area contributed by atoms with Crippen molar-refractivity contribution in [1.82, 2.24) is 4.98 Å². The van der Waals surface area contributed by atoms with Gasteiger partial charge in [0.2, 0.25) is 0 Å². The first-order valence-corrected chi connectivity index (χ1v) is 13.6. The van der Waals surface area contributed by atoms with E-state index in [2.05, 4.69) is 10.1 Å². The highest BCUT2D eigenvalue weighted by Crippen LogP contribution is 2.40. The summed E-state index contributed by atoms with van der Waals surface area (Å²) in [5, 5.41) is 13.3. The third kappa shape index (κ3) is 6.11. The molecule has 1 aromatic heterocycles. The second-order valence-corrected chi connectivity index (χ2v) is 11.0. The Morgan fingerprint density at radius 2 is 1.55 bits per heavy atom. The van der Waals surface area contributed by atoms with Gasteiger partial charge in [-0.1, -0.05) is 59.8 Å². The molecule has 0 saturated heterocycles. The molecule has 0 fully saturated rings. The van der Waals surface area contributed by atoms with Crippen LogP contribution < -0.4 is 0 Å². The van der Waals surface area contributed by atoms with Gasteiger partial charge in [-0.2, -0.15) is 13.2 Å². The van der Waals surface area contributed by atoms with Crippen molar-refractivity contribution in [3.63, 3.8) is 0 Å². The zero-order chi connectivity index (χ0) is 27.5. The van der Waals surface area contributed by atoms with Crippen LogP contribution in [0.15, 0.2) is 101 Å². The van der Waals surface area contributed by atoms with Crippen molar-refractivity contribution in [2.24, 2.45) is 5.16 Å². The predicted octanol–water partition coefficient (Wildman–Crippen LogP) is 6.88. The molecular weight excluding hydrogens is 513 g/mol. The molecule has 0 bridgehead atoms. The Morgan fingerprint density at radius 3 is 2.11 bits per heavy atom. The number of hydrogen-bond acceptors (Lipinski definition) is 5. The monoisotopic (exact) mass is 538 g/mol. The van der Waals surface area contributed by atoms with Crippen LogP contribution in [0.5, 0.6) is 0 Å². The molecule has 0 radical (unpaired) electrons. The average Bonchev–Trinajstić information content (AvgIpc) is 2.89. The number of oxime groups is 1. The number of benzene rings is 3. The highest BCUT2D eigenvalue weighted by molar-refractivity contribution is 7.90. The van der Waals surface area contributed by atoms with Gasteiger partial charge in [-0.05, 0) is 59.5 Å². The largest absolute Gasteiger partial charge is 0.416 e. The van der Waals surface area contributed by atoms with Gasteiger partial charge < -0.3 is 5.21 Å². The van der Waals surface area contributed by atoms with Crippen molar-refractivity contribution in [2.75, 3.05) is 6.26 Å². The summed E-state index contributed by atoms with van der Waals surface area (Å²) < 4.78 is 65.5. The number of aryl methyl sites for hydroxylation is 1. The lowest BCUT2D eigenvalue weighted by Gasteiger charge is -2.23. The molecule has 1 unspecified atom stereocenters. The summed E-state index contributed by atoms with van der Waals surface area (Å²) in [5.74, 6) is -0.770. The van der Waals surface area contributed by atoms with Gasteiger partial charge in [-0.25, -0.2) is 8.42 Å². The molecule has 38 heavy (non-hydrogen) atoms. The highest BCUT2D eigenvalue weighted by Gasteiger charge is 2.35. The number of alkyl halides is 3.